The highest BCUT2D eigenvalue weighted by Gasteiger charge is 2.37. The molecule has 0 saturated heterocycles. The van der Waals surface area contributed by atoms with E-state index in [1.165, 1.54) is 76.2 Å². The number of amidine groups is 1. The number of ether oxygens (including phenoxy) is 1. The molecular weight excluding hydrogens is 703 g/mol. The van der Waals surface area contributed by atoms with E-state index in [0.717, 1.165) is 27.3 Å². The number of aliphatic imine (C=N–C) groups is 1. The SMILES string of the molecule is Cc1cccc(C)c1/N=C(/N/N=C/c1ccc(-c2ncn(-c3ccc(OC(F)(F)F)cc3)n2)cc1)SCc1cc2c(C(F)(F)F)nn(C)c2s1. The largest absolute Gasteiger partial charge is 0.573 e. The molecule has 3 aromatic heterocycles. The minimum Gasteiger partial charge on any atom is -0.406 e. The van der Waals surface area contributed by atoms with Gasteiger partial charge in [0.05, 0.1) is 17.6 Å². The molecule has 3 aromatic carbocycles. The molecule has 17 heteroatoms. The Kier molecular flexibility index (Phi) is 9.71. The van der Waals surface area contributed by atoms with Crippen LogP contribution in [0.3, 0.4) is 0 Å². The van der Waals surface area contributed by atoms with Crippen LogP contribution >= 0.6 is 23.1 Å². The zero-order valence-corrected chi connectivity index (χ0v) is 28.0. The molecule has 0 bridgehead atoms. The number of halogens is 6. The number of thioether (sulfide) groups is 1. The third-order valence-corrected chi connectivity index (χ3v) is 9.50. The smallest absolute Gasteiger partial charge is 0.406 e. The molecular formula is C33H26F6N8OS2. The number of hydrogen-bond donors (Lipinski definition) is 1. The molecule has 0 aliphatic rings. The van der Waals surface area contributed by atoms with E-state index in [2.05, 4.69) is 30.4 Å². The summed E-state index contributed by atoms with van der Waals surface area (Å²) in [6.07, 6.45) is -6.28. The highest BCUT2D eigenvalue weighted by Crippen LogP contribution is 2.38. The molecule has 258 valence electrons. The van der Waals surface area contributed by atoms with Crippen LogP contribution in [0, 0.1) is 13.8 Å². The fourth-order valence-corrected chi connectivity index (χ4v) is 6.80. The van der Waals surface area contributed by atoms with Gasteiger partial charge < -0.3 is 4.74 Å². The predicted molar refractivity (Wildman–Crippen MR) is 182 cm³/mol. The Morgan fingerprint density at radius 1 is 0.960 bits per heavy atom. The number of nitrogens with one attached hydrogen (secondary N) is 1. The van der Waals surface area contributed by atoms with E-state index >= 15 is 0 Å². The van der Waals surface area contributed by atoms with Gasteiger partial charge in [-0.1, -0.05) is 54.2 Å². The van der Waals surface area contributed by atoms with Crippen molar-refractivity contribution in [3.63, 3.8) is 0 Å². The van der Waals surface area contributed by atoms with Crippen molar-refractivity contribution in [3.05, 3.63) is 106 Å². The topological polar surface area (TPSA) is 94.5 Å². The van der Waals surface area contributed by atoms with Gasteiger partial charge in [-0.2, -0.15) is 23.4 Å². The first-order chi connectivity index (χ1) is 23.7. The Morgan fingerprint density at radius 3 is 2.32 bits per heavy atom. The number of rotatable bonds is 8. The summed E-state index contributed by atoms with van der Waals surface area (Å²) in [5.41, 5.74) is 6.70. The number of thiophene rings is 1. The van der Waals surface area contributed by atoms with E-state index < -0.39 is 18.2 Å². The number of hydrogen-bond acceptors (Lipinski definition) is 8. The van der Waals surface area contributed by atoms with E-state index in [1.807, 2.05) is 44.2 Å². The van der Waals surface area contributed by atoms with Crippen molar-refractivity contribution in [2.75, 3.05) is 0 Å². The van der Waals surface area contributed by atoms with Gasteiger partial charge in [0.2, 0.25) is 0 Å². The van der Waals surface area contributed by atoms with Crippen molar-refractivity contribution in [2.45, 2.75) is 32.1 Å². The van der Waals surface area contributed by atoms with Crippen LogP contribution in [-0.2, 0) is 19.0 Å². The summed E-state index contributed by atoms with van der Waals surface area (Å²) < 4.78 is 84.5. The normalized spacial score (nSPS) is 12.7. The highest BCUT2D eigenvalue weighted by atomic mass is 32.2. The lowest BCUT2D eigenvalue weighted by Gasteiger charge is -2.09. The summed E-state index contributed by atoms with van der Waals surface area (Å²) in [6.45, 7) is 3.88. The van der Waals surface area contributed by atoms with Crippen LogP contribution < -0.4 is 10.2 Å². The quantitative estimate of drug-likeness (QED) is 0.0728. The first-order valence-electron chi connectivity index (χ1n) is 14.7. The minimum absolute atomic E-state index is 0.0684. The van der Waals surface area contributed by atoms with Crippen LogP contribution in [0.15, 0.2) is 89.2 Å². The summed E-state index contributed by atoms with van der Waals surface area (Å²) in [4.78, 5) is 10.3. The number of benzene rings is 3. The second kappa shape index (κ2) is 14.0. The molecule has 9 nitrogen and oxygen atoms in total. The Labute approximate surface area is 289 Å². The Morgan fingerprint density at radius 2 is 1.66 bits per heavy atom. The van der Waals surface area contributed by atoms with Crippen molar-refractivity contribution >= 4 is 50.4 Å². The van der Waals surface area contributed by atoms with Crippen LogP contribution in [0.4, 0.5) is 32.0 Å². The van der Waals surface area contributed by atoms with Crippen molar-refractivity contribution in [3.8, 4) is 22.8 Å². The van der Waals surface area contributed by atoms with E-state index in [1.54, 1.807) is 18.3 Å². The molecule has 0 spiro atoms. The van der Waals surface area contributed by atoms with Crippen LogP contribution in [0.25, 0.3) is 27.3 Å². The van der Waals surface area contributed by atoms with Crippen molar-refractivity contribution in [1.82, 2.24) is 30.0 Å². The van der Waals surface area contributed by atoms with Gasteiger partial charge >= 0.3 is 12.5 Å². The summed E-state index contributed by atoms with van der Waals surface area (Å²) in [6, 6.07) is 19.8. The average Bonchev–Trinajstić information content (AvgIpc) is 3.78. The minimum atomic E-state index is -4.78. The van der Waals surface area contributed by atoms with Gasteiger partial charge in [0.25, 0.3) is 0 Å². The number of aromatic nitrogens is 5. The maximum absolute atomic E-state index is 13.5. The van der Waals surface area contributed by atoms with Gasteiger partial charge in [-0.25, -0.2) is 14.7 Å². The Balaban J connectivity index is 1.15. The lowest BCUT2D eigenvalue weighted by atomic mass is 10.1. The van der Waals surface area contributed by atoms with Gasteiger partial charge in [-0.15, -0.1) is 29.6 Å². The van der Waals surface area contributed by atoms with Crippen molar-refractivity contribution in [2.24, 2.45) is 17.1 Å². The molecule has 0 atom stereocenters. The first-order valence-corrected chi connectivity index (χ1v) is 16.5. The van der Waals surface area contributed by atoms with Gasteiger partial charge in [0, 0.05) is 28.6 Å². The molecule has 1 N–H and O–H groups in total. The molecule has 0 aliphatic carbocycles. The molecule has 0 aliphatic heterocycles. The predicted octanol–water partition coefficient (Wildman–Crippen LogP) is 8.96. The maximum Gasteiger partial charge on any atom is 0.573 e. The zero-order chi connectivity index (χ0) is 35.6. The van der Waals surface area contributed by atoms with E-state index in [0.29, 0.717) is 32.8 Å². The molecule has 6 rings (SSSR count). The molecule has 50 heavy (non-hydrogen) atoms. The van der Waals surface area contributed by atoms with Crippen molar-refractivity contribution < 1.29 is 31.1 Å². The second-order valence-corrected chi connectivity index (χ2v) is 13.0. The first kappa shape index (κ1) is 34.7. The third-order valence-electron chi connectivity index (χ3n) is 7.20. The van der Waals surface area contributed by atoms with Gasteiger partial charge in [0.1, 0.15) is 16.9 Å². The Hall–Kier alpha value is -5.16. The molecule has 3 heterocycles. The summed E-state index contributed by atoms with van der Waals surface area (Å²) in [7, 11) is 1.49. The standard InChI is InChI=1S/C33H26F6N8OS2/c1-19-5-4-6-20(2)27(19)42-31(49-17-25-15-26-28(32(34,35)36)44-46(3)30(26)50-25)43-41-16-21-7-9-22(10-8-21)29-40-18-47(45-29)23-11-13-24(14-12-23)48-33(37,38)39/h4-16,18H,17H2,1-3H3,(H,42,43)/b41-16+. The van der Waals surface area contributed by atoms with E-state index in [4.69, 9.17) is 4.99 Å². The Bertz CT molecular complexity index is 2160. The summed E-state index contributed by atoms with van der Waals surface area (Å²) >= 11 is 2.55. The van der Waals surface area contributed by atoms with Gasteiger partial charge in [-0.05, 0) is 60.9 Å². The summed E-state index contributed by atoms with van der Waals surface area (Å²) in [5.74, 6) is 0.413. The van der Waals surface area contributed by atoms with Crippen LogP contribution in [-0.4, -0.2) is 42.3 Å². The molecule has 0 radical (unpaired) electrons. The highest BCUT2D eigenvalue weighted by molar-refractivity contribution is 8.13. The van der Waals surface area contributed by atoms with Crippen molar-refractivity contribution in [1.29, 1.82) is 0 Å². The molecule has 0 amide bonds. The van der Waals surface area contributed by atoms with Gasteiger partial charge in [-0.3, -0.25) is 10.1 Å². The number of nitrogens with zero attached hydrogens (tertiary/aromatic N) is 7. The number of alkyl halides is 6. The van der Waals surface area contributed by atoms with Crippen LogP contribution in [0.2, 0.25) is 0 Å². The lowest BCUT2D eigenvalue weighted by molar-refractivity contribution is -0.274. The van der Waals surface area contributed by atoms with Crippen LogP contribution in [0.5, 0.6) is 5.75 Å². The number of para-hydroxylation sites is 1. The van der Waals surface area contributed by atoms with Crippen LogP contribution in [0.1, 0.15) is 27.3 Å². The number of fused-ring (bicyclic) bond motifs is 1. The fourth-order valence-electron chi connectivity index (χ4n) is 4.88. The molecule has 0 unspecified atom stereocenters. The third kappa shape index (κ3) is 8.16. The number of hydrazone groups is 1. The van der Waals surface area contributed by atoms with E-state index in [-0.39, 0.29) is 11.1 Å². The second-order valence-electron chi connectivity index (χ2n) is 10.9. The molecule has 0 saturated carbocycles. The summed E-state index contributed by atoms with van der Waals surface area (Å²) in [5, 5.41) is 13.0. The fraction of sp³-hybridized carbons (Fsp3) is 0.182. The zero-order valence-electron chi connectivity index (χ0n) is 26.4. The maximum atomic E-state index is 13.5. The molecule has 6 aromatic rings. The average molecular weight is 729 g/mol. The van der Waals surface area contributed by atoms with Gasteiger partial charge in [0.15, 0.2) is 16.7 Å². The number of aryl methyl sites for hydroxylation is 3. The monoisotopic (exact) mass is 728 g/mol. The molecule has 0 fully saturated rings. The van der Waals surface area contributed by atoms with E-state index in [9.17, 15) is 26.3 Å². The lowest BCUT2D eigenvalue weighted by Crippen LogP contribution is -2.17.